The van der Waals surface area contributed by atoms with Crippen LogP contribution in [0.1, 0.15) is 25.7 Å². The van der Waals surface area contributed by atoms with Crippen molar-refractivity contribution in [3.63, 3.8) is 0 Å². The van der Waals surface area contributed by atoms with Gasteiger partial charge < -0.3 is 0 Å². The van der Waals surface area contributed by atoms with Crippen LogP contribution in [0.3, 0.4) is 0 Å². The van der Waals surface area contributed by atoms with E-state index >= 15 is 0 Å². The van der Waals surface area contributed by atoms with Crippen LogP contribution in [0.2, 0.25) is 0 Å². The van der Waals surface area contributed by atoms with Crippen LogP contribution in [0.5, 0.6) is 0 Å². The summed E-state index contributed by atoms with van der Waals surface area (Å²) in [5.41, 5.74) is 0. The van der Waals surface area contributed by atoms with Crippen molar-refractivity contribution in [2.45, 2.75) is 35.8 Å². The number of hydrogen-bond donors (Lipinski definition) is 0. The molecule has 0 nitrogen and oxygen atoms in total. The monoisotopic (exact) mass is 281 g/mol. The van der Waals surface area contributed by atoms with E-state index in [2.05, 4.69) is 72.9 Å². The molecule has 2 aliphatic carbocycles. The van der Waals surface area contributed by atoms with Crippen LogP contribution in [0, 0.1) is 0 Å². The molecule has 1 heteroatoms. The standard InChI is InChI=1S/C19H21S/c1-2-6-12-17(11-5-1)20(18-13-7-3-8-14-18)19-15-9-4-10-16-19/h1-5,7-9,11,13-15,17H,6,10,12,16H2/q+1. The highest BCUT2D eigenvalue weighted by atomic mass is 32.2. The van der Waals surface area contributed by atoms with Crippen LogP contribution in [0.4, 0.5) is 0 Å². The van der Waals surface area contributed by atoms with Gasteiger partial charge in [-0.05, 0) is 37.1 Å². The summed E-state index contributed by atoms with van der Waals surface area (Å²) in [4.78, 5) is 3.11. The van der Waals surface area contributed by atoms with Crippen molar-refractivity contribution >= 4 is 10.9 Å². The second kappa shape index (κ2) is 6.81. The van der Waals surface area contributed by atoms with Crippen LogP contribution in [0.15, 0.2) is 82.7 Å². The highest BCUT2D eigenvalue weighted by molar-refractivity contribution is 8.01. The van der Waals surface area contributed by atoms with Crippen LogP contribution < -0.4 is 0 Å². The molecule has 0 aromatic heterocycles. The normalized spacial score (nSPS) is 23.2. The first-order valence-corrected chi connectivity index (χ1v) is 8.71. The molecule has 20 heavy (non-hydrogen) atoms. The Bertz CT molecular complexity index is 548. The van der Waals surface area contributed by atoms with Gasteiger partial charge in [0.2, 0.25) is 0 Å². The quantitative estimate of drug-likeness (QED) is 0.670. The van der Waals surface area contributed by atoms with E-state index in [1.54, 1.807) is 4.91 Å². The zero-order chi connectivity index (χ0) is 13.6. The zero-order valence-electron chi connectivity index (χ0n) is 11.7. The van der Waals surface area contributed by atoms with Crippen molar-refractivity contribution in [2.24, 2.45) is 0 Å². The number of hydrogen-bond acceptors (Lipinski definition) is 0. The van der Waals surface area contributed by atoms with Crippen molar-refractivity contribution in [3.05, 3.63) is 77.8 Å². The lowest BCUT2D eigenvalue weighted by Gasteiger charge is -2.18. The van der Waals surface area contributed by atoms with Crippen LogP contribution >= 0.6 is 0 Å². The molecule has 0 N–H and O–H groups in total. The van der Waals surface area contributed by atoms with Gasteiger partial charge in [-0.2, -0.15) is 0 Å². The van der Waals surface area contributed by atoms with Crippen molar-refractivity contribution in [1.82, 2.24) is 0 Å². The van der Waals surface area contributed by atoms with Gasteiger partial charge >= 0.3 is 0 Å². The SMILES string of the molecule is C1=CCCC([S+](c2ccccc2)C2C=CC=CCC2)=C1. The summed E-state index contributed by atoms with van der Waals surface area (Å²) in [5, 5.41) is 0.644. The predicted molar refractivity (Wildman–Crippen MR) is 89.8 cm³/mol. The van der Waals surface area contributed by atoms with Crippen molar-refractivity contribution in [3.8, 4) is 0 Å². The molecule has 1 aromatic rings. The van der Waals surface area contributed by atoms with E-state index in [9.17, 15) is 0 Å². The topological polar surface area (TPSA) is 0 Å². The molecule has 0 saturated heterocycles. The Balaban J connectivity index is 1.95. The molecule has 2 unspecified atom stereocenters. The maximum absolute atomic E-state index is 2.42. The van der Waals surface area contributed by atoms with E-state index in [0.717, 1.165) is 0 Å². The molecule has 0 fully saturated rings. The van der Waals surface area contributed by atoms with Gasteiger partial charge in [-0.25, -0.2) is 0 Å². The third-order valence-electron chi connectivity index (χ3n) is 3.75. The molecule has 2 atom stereocenters. The molecule has 102 valence electrons. The number of benzene rings is 1. The fourth-order valence-corrected chi connectivity index (χ4v) is 5.44. The Labute approximate surface area is 124 Å². The van der Waals surface area contributed by atoms with Gasteiger partial charge in [0.15, 0.2) is 4.90 Å². The molecule has 0 amide bonds. The fraction of sp³-hybridized carbons (Fsp3) is 0.263. The predicted octanol–water partition coefficient (Wildman–Crippen LogP) is 5.17. The molecule has 1 aromatic carbocycles. The molecule has 0 spiro atoms. The van der Waals surface area contributed by atoms with E-state index in [0.29, 0.717) is 5.25 Å². The zero-order valence-corrected chi connectivity index (χ0v) is 12.6. The van der Waals surface area contributed by atoms with E-state index in [1.807, 2.05) is 0 Å². The van der Waals surface area contributed by atoms with Crippen molar-refractivity contribution < 1.29 is 0 Å². The van der Waals surface area contributed by atoms with Crippen molar-refractivity contribution in [2.75, 3.05) is 0 Å². The Morgan fingerprint density at radius 2 is 1.75 bits per heavy atom. The maximum Gasteiger partial charge on any atom is 0.160 e. The van der Waals surface area contributed by atoms with Crippen LogP contribution in [-0.4, -0.2) is 5.25 Å². The van der Waals surface area contributed by atoms with Gasteiger partial charge in [-0.1, -0.05) is 48.6 Å². The van der Waals surface area contributed by atoms with Gasteiger partial charge in [0.25, 0.3) is 0 Å². The third-order valence-corrected chi connectivity index (χ3v) is 6.43. The Morgan fingerprint density at radius 3 is 2.55 bits per heavy atom. The molecule has 2 aliphatic rings. The minimum Gasteiger partial charge on any atom is -0.0843 e. The molecule has 0 radical (unpaired) electrons. The van der Waals surface area contributed by atoms with Gasteiger partial charge in [0.05, 0.1) is 10.9 Å². The summed E-state index contributed by atoms with van der Waals surface area (Å²) in [6, 6.07) is 11.1. The molecular weight excluding hydrogens is 260 g/mol. The van der Waals surface area contributed by atoms with Crippen molar-refractivity contribution in [1.29, 1.82) is 0 Å². The second-order valence-electron chi connectivity index (χ2n) is 5.18. The Kier molecular flexibility index (Phi) is 4.60. The van der Waals surface area contributed by atoms with E-state index in [-0.39, 0.29) is 10.9 Å². The fourth-order valence-electron chi connectivity index (χ4n) is 2.77. The number of allylic oxidation sites excluding steroid dienone is 7. The van der Waals surface area contributed by atoms with Crippen LogP contribution in [0.25, 0.3) is 0 Å². The first-order chi connectivity index (χ1) is 9.95. The lowest BCUT2D eigenvalue weighted by Crippen LogP contribution is -2.22. The maximum atomic E-state index is 2.42. The van der Waals surface area contributed by atoms with Gasteiger partial charge in [0, 0.05) is 12.8 Å². The summed E-state index contributed by atoms with van der Waals surface area (Å²) >= 11 is 0. The smallest absolute Gasteiger partial charge is 0.0843 e. The highest BCUT2D eigenvalue weighted by Gasteiger charge is 2.35. The Hall–Kier alpha value is -1.47. The average Bonchev–Trinajstić information content (AvgIpc) is 2.79. The second-order valence-corrected chi connectivity index (χ2v) is 7.46. The summed E-state index contributed by atoms with van der Waals surface area (Å²) in [6.07, 6.45) is 20.9. The average molecular weight is 281 g/mol. The largest absolute Gasteiger partial charge is 0.160 e. The molecule has 0 heterocycles. The molecule has 0 bridgehead atoms. The van der Waals surface area contributed by atoms with Crippen LogP contribution in [-0.2, 0) is 10.9 Å². The molecule has 0 aliphatic heterocycles. The first-order valence-electron chi connectivity index (χ1n) is 7.42. The minimum absolute atomic E-state index is 0.211. The highest BCUT2D eigenvalue weighted by Crippen LogP contribution is 2.34. The van der Waals surface area contributed by atoms with Gasteiger partial charge in [-0.15, -0.1) is 0 Å². The van der Waals surface area contributed by atoms with E-state index in [4.69, 9.17) is 0 Å². The first kappa shape index (κ1) is 13.5. The Morgan fingerprint density at radius 1 is 0.900 bits per heavy atom. The lowest BCUT2D eigenvalue weighted by atomic mass is 10.2. The third kappa shape index (κ3) is 3.16. The van der Waals surface area contributed by atoms with E-state index in [1.165, 1.54) is 30.6 Å². The van der Waals surface area contributed by atoms with Gasteiger partial charge in [-0.3, -0.25) is 0 Å². The summed E-state index contributed by atoms with van der Waals surface area (Å²) in [6.45, 7) is 0. The van der Waals surface area contributed by atoms with Gasteiger partial charge in [0.1, 0.15) is 10.2 Å². The van der Waals surface area contributed by atoms with E-state index < -0.39 is 0 Å². The summed E-state index contributed by atoms with van der Waals surface area (Å²) in [7, 11) is 0.211. The summed E-state index contributed by atoms with van der Waals surface area (Å²) < 4.78 is 0. The number of rotatable bonds is 3. The summed E-state index contributed by atoms with van der Waals surface area (Å²) in [5.74, 6) is 0. The molecule has 3 rings (SSSR count). The minimum atomic E-state index is 0.211. The lowest BCUT2D eigenvalue weighted by molar-refractivity contribution is 0.880. The molecular formula is C19H21S+. The molecule has 0 saturated carbocycles.